The number of nitrogens with one attached hydrogen (secondary N) is 1. The molecule has 0 spiro atoms. The minimum absolute atomic E-state index is 0. The van der Waals surface area contributed by atoms with E-state index in [9.17, 15) is 4.79 Å². The first-order valence-corrected chi connectivity index (χ1v) is 33.6. The van der Waals surface area contributed by atoms with E-state index in [2.05, 4.69) is 39.0 Å². The quantitative estimate of drug-likeness (QED) is 0.0271. The number of benzene rings is 3. The summed E-state index contributed by atoms with van der Waals surface area (Å²) in [6.45, 7) is 23.5. The van der Waals surface area contributed by atoms with Gasteiger partial charge in [0.05, 0.1) is 144 Å². The van der Waals surface area contributed by atoms with Crippen LogP contribution in [0.25, 0.3) is 65.4 Å². The number of aryl methyl sites for hydroxylation is 6. The lowest BCUT2D eigenvalue weighted by molar-refractivity contribution is 0.0159. The summed E-state index contributed by atoms with van der Waals surface area (Å²) in [4.78, 5) is 38.9. The summed E-state index contributed by atoms with van der Waals surface area (Å²) in [5.41, 5.74) is 9.95. The molecule has 9 aromatic rings. The van der Waals surface area contributed by atoms with Gasteiger partial charge < -0.3 is 66.9 Å². The Balaban J connectivity index is 0.000000251. The van der Waals surface area contributed by atoms with Gasteiger partial charge in [-0.25, -0.2) is 0 Å². The molecule has 0 amide bonds. The van der Waals surface area contributed by atoms with E-state index >= 15 is 0 Å². The topological polar surface area (TPSA) is 228 Å². The molecule has 6 heterocycles. The standard InChI is InChI=1S/C31H46N2O5.C21H26N2O5.C14H10Cl2N2.C7H16O4.CH4/c1-5-6-7-8-9-10-11-12-15-37-28-22-24(2)32-30-26(28)13-14-27-29(23-25(3)33-31(27)30)38-21-20-36-19-18-35-17-16-34-4;1-14-12-18(24)16-4-5-17-19(13-15(2)23-21(17)20(16)22-14)28-11-10-27-9-8-26-7-6-25-3;1-7-5-11(15)9-3-4-10-12(16)6-8(2)18-14(10)13(9)17-7;1-9-4-5-11-7-6-10-3-2-8;/h13-14,22-23H,5-12,15-21H2,1-4H3;4-5,12-13H,6-11H2,1-3H3,(H,22,24);3-6H,1-2H3;8H,2-7H2,1H3;1H4. The second kappa shape index (κ2) is 45.2. The number of aliphatic hydroxyl groups is 1. The molecule has 0 saturated heterocycles. The molecule has 0 aliphatic carbocycles. The number of nitrogens with zero attached hydrogens (tertiary/aromatic N) is 5. The van der Waals surface area contributed by atoms with Crippen molar-refractivity contribution >= 4 is 88.6 Å². The van der Waals surface area contributed by atoms with Crippen molar-refractivity contribution in [2.24, 2.45) is 0 Å². The summed E-state index contributed by atoms with van der Waals surface area (Å²) in [6, 6.07) is 22.9. The molecule has 0 saturated carbocycles. The zero-order valence-electron chi connectivity index (χ0n) is 57.3. The van der Waals surface area contributed by atoms with Crippen LogP contribution in [-0.4, -0.2) is 182 Å². The Bertz CT molecular complexity index is 3660. The number of methoxy groups -OCH3 is 3. The van der Waals surface area contributed by atoms with Gasteiger partial charge in [-0.05, 0) is 84.4 Å². The van der Waals surface area contributed by atoms with E-state index in [1.165, 1.54) is 44.9 Å². The second-order valence-electron chi connectivity index (χ2n) is 22.6. The molecule has 0 radical (unpaired) electrons. The largest absolute Gasteiger partial charge is 0.493 e. The van der Waals surface area contributed by atoms with Gasteiger partial charge in [0, 0.05) is 112 Å². The van der Waals surface area contributed by atoms with E-state index in [0.29, 0.717) is 128 Å². The highest BCUT2D eigenvalue weighted by molar-refractivity contribution is 6.38. The molecular formula is C74H102Cl2N6O14. The van der Waals surface area contributed by atoms with Crippen molar-refractivity contribution in [3.05, 3.63) is 127 Å². The molecule has 9 rings (SSSR count). The Morgan fingerprint density at radius 2 is 0.688 bits per heavy atom. The van der Waals surface area contributed by atoms with Crippen molar-refractivity contribution < 1.29 is 61.9 Å². The first-order valence-electron chi connectivity index (χ1n) is 32.8. The predicted molar refractivity (Wildman–Crippen MR) is 386 cm³/mol. The van der Waals surface area contributed by atoms with E-state index in [4.69, 9.17) is 95.1 Å². The maximum Gasteiger partial charge on any atom is 0.189 e. The molecule has 3 aromatic carbocycles. The maximum absolute atomic E-state index is 12.3. The Kier molecular flexibility index (Phi) is 37.7. The summed E-state index contributed by atoms with van der Waals surface area (Å²) in [5, 5.41) is 14.9. The average molecular weight is 1370 g/mol. The maximum atomic E-state index is 12.3. The fraction of sp³-hybridized carbons (Fsp3) is 0.514. The molecule has 0 bridgehead atoms. The number of aliphatic hydroxyl groups excluding tert-OH is 1. The zero-order valence-corrected chi connectivity index (χ0v) is 58.8. The Morgan fingerprint density at radius 3 is 1.09 bits per heavy atom. The number of halogens is 2. The molecule has 526 valence electrons. The molecule has 2 N–H and O–H groups in total. The highest BCUT2D eigenvalue weighted by atomic mass is 35.5. The average Bonchev–Trinajstić information content (AvgIpc) is 0.786. The van der Waals surface area contributed by atoms with E-state index in [1.807, 2.05) is 96.1 Å². The SMILES string of the molecule is C.CCCCCCCCCCOc1cc(C)nc2c1ccc1c(OCCOCCOCCOC)cc(C)nc12.COCCOCCOCCO.COCCOCCOCCOc1cc(C)nc2c1ccc1c(=O)cc(C)[nH]c12.Cc1cc(Cl)c2ccc3c(Cl)cc(C)nc3c2n1. The van der Waals surface area contributed by atoms with Gasteiger partial charge in [0.2, 0.25) is 0 Å². The smallest absolute Gasteiger partial charge is 0.189 e. The van der Waals surface area contributed by atoms with Crippen molar-refractivity contribution in [3.63, 3.8) is 0 Å². The molecule has 0 aliphatic heterocycles. The van der Waals surface area contributed by atoms with Crippen LogP contribution in [0.15, 0.2) is 77.6 Å². The van der Waals surface area contributed by atoms with Crippen molar-refractivity contribution in [1.82, 2.24) is 29.9 Å². The van der Waals surface area contributed by atoms with Crippen molar-refractivity contribution in [3.8, 4) is 17.2 Å². The van der Waals surface area contributed by atoms with Gasteiger partial charge in [-0.3, -0.25) is 29.7 Å². The zero-order chi connectivity index (χ0) is 68.2. The van der Waals surface area contributed by atoms with Gasteiger partial charge in [0.1, 0.15) is 41.5 Å². The van der Waals surface area contributed by atoms with Gasteiger partial charge in [-0.15, -0.1) is 0 Å². The molecule has 0 fully saturated rings. The van der Waals surface area contributed by atoms with Crippen LogP contribution in [0.2, 0.25) is 10.0 Å². The fourth-order valence-corrected chi connectivity index (χ4v) is 10.8. The lowest BCUT2D eigenvalue weighted by Crippen LogP contribution is -2.12. The van der Waals surface area contributed by atoms with Gasteiger partial charge in [0.25, 0.3) is 0 Å². The predicted octanol–water partition coefficient (Wildman–Crippen LogP) is 14.7. The third-order valence-corrected chi connectivity index (χ3v) is 15.4. The highest BCUT2D eigenvalue weighted by Gasteiger charge is 2.16. The van der Waals surface area contributed by atoms with Crippen LogP contribution in [0.4, 0.5) is 0 Å². The van der Waals surface area contributed by atoms with Gasteiger partial charge in [-0.1, -0.05) is 94.6 Å². The summed E-state index contributed by atoms with van der Waals surface area (Å²) in [7, 11) is 4.93. The number of hydrogen-bond acceptors (Lipinski definition) is 19. The van der Waals surface area contributed by atoms with Crippen molar-refractivity contribution in [1.29, 1.82) is 0 Å². The number of unbranched alkanes of at least 4 members (excludes halogenated alkanes) is 7. The van der Waals surface area contributed by atoms with Crippen LogP contribution in [0.1, 0.15) is 99.9 Å². The van der Waals surface area contributed by atoms with Crippen molar-refractivity contribution in [2.45, 2.75) is 107 Å². The van der Waals surface area contributed by atoms with Crippen LogP contribution < -0.4 is 19.6 Å². The summed E-state index contributed by atoms with van der Waals surface area (Å²) in [5.74, 6) is 2.40. The molecule has 20 nitrogen and oxygen atoms in total. The number of aromatic amines is 1. The number of pyridine rings is 6. The van der Waals surface area contributed by atoms with Crippen LogP contribution >= 0.6 is 23.2 Å². The molecule has 96 heavy (non-hydrogen) atoms. The fourth-order valence-electron chi connectivity index (χ4n) is 10.2. The summed E-state index contributed by atoms with van der Waals surface area (Å²) >= 11 is 12.5. The van der Waals surface area contributed by atoms with E-state index in [1.54, 1.807) is 27.4 Å². The third-order valence-electron chi connectivity index (χ3n) is 14.7. The van der Waals surface area contributed by atoms with Crippen LogP contribution in [0.5, 0.6) is 17.2 Å². The lowest BCUT2D eigenvalue weighted by atomic mass is 10.1. The highest BCUT2D eigenvalue weighted by Crippen LogP contribution is 2.36. The third kappa shape index (κ3) is 26.4. The Labute approximate surface area is 576 Å². The van der Waals surface area contributed by atoms with Crippen LogP contribution in [0, 0.1) is 41.5 Å². The number of hydrogen-bond donors (Lipinski definition) is 2. The molecule has 0 aliphatic rings. The first-order chi connectivity index (χ1) is 46.2. The van der Waals surface area contributed by atoms with E-state index in [-0.39, 0.29) is 19.5 Å². The van der Waals surface area contributed by atoms with Crippen LogP contribution in [-0.2, 0) is 42.6 Å². The first kappa shape index (κ1) is 80.2. The number of H-pyrrole nitrogens is 1. The molecule has 0 unspecified atom stereocenters. The lowest BCUT2D eigenvalue weighted by Gasteiger charge is -2.14. The Hall–Kier alpha value is -6.50. The molecule has 0 atom stereocenters. The summed E-state index contributed by atoms with van der Waals surface area (Å²) in [6.07, 6.45) is 10.3. The monoisotopic (exact) mass is 1370 g/mol. The summed E-state index contributed by atoms with van der Waals surface area (Å²) < 4.78 is 64.9. The molecular weight excluding hydrogens is 1270 g/mol. The molecule has 22 heteroatoms. The normalized spacial score (nSPS) is 11.2. The van der Waals surface area contributed by atoms with Crippen LogP contribution in [0.3, 0.4) is 0 Å². The number of aromatic nitrogens is 6. The van der Waals surface area contributed by atoms with E-state index in [0.717, 1.165) is 124 Å². The second-order valence-corrected chi connectivity index (χ2v) is 23.4. The van der Waals surface area contributed by atoms with Gasteiger partial charge in [-0.2, -0.15) is 0 Å². The minimum Gasteiger partial charge on any atom is -0.493 e. The molecule has 6 aromatic heterocycles. The van der Waals surface area contributed by atoms with Gasteiger partial charge in [0.15, 0.2) is 5.43 Å². The van der Waals surface area contributed by atoms with Gasteiger partial charge >= 0.3 is 0 Å². The Morgan fingerprint density at radius 1 is 0.375 bits per heavy atom. The van der Waals surface area contributed by atoms with Crippen molar-refractivity contribution in [2.75, 3.05) is 147 Å². The van der Waals surface area contributed by atoms with E-state index < -0.39 is 0 Å². The number of rotatable bonds is 38. The number of fused-ring (bicyclic) bond motifs is 9. The number of ether oxygens (including phenoxy) is 12. The minimum atomic E-state index is -0.0138.